The number of hydrogen-bond donors (Lipinski definition) is 1. The Labute approximate surface area is 259 Å². The minimum absolute atomic E-state index is 0.383. The molecule has 0 bridgehead atoms. The van der Waals surface area contributed by atoms with Crippen molar-refractivity contribution in [3.8, 4) is 0 Å². The van der Waals surface area contributed by atoms with Gasteiger partial charge in [-0.25, -0.2) is 0 Å². The molecule has 0 aliphatic carbocycles. The molecule has 2 nitrogen and oxygen atoms in total. The van der Waals surface area contributed by atoms with Gasteiger partial charge in [0.15, 0.2) is 0 Å². The van der Waals surface area contributed by atoms with E-state index in [4.69, 9.17) is 4.74 Å². The lowest BCUT2D eigenvalue weighted by Gasteiger charge is -2.32. The average Bonchev–Trinajstić information content (AvgIpc) is 3.03. The lowest BCUT2D eigenvalue weighted by molar-refractivity contribution is 1.00. The first-order valence-electron chi connectivity index (χ1n) is 15.1. The summed E-state index contributed by atoms with van der Waals surface area (Å²) in [5.41, 5.74) is 6.51. The summed E-state index contributed by atoms with van der Waals surface area (Å²) in [7, 11) is -2.77. The fraction of sp³-hybridized carbons (Fsp3) is 0.179. The molecular formula is C39H42N2P2. The fourth-order valence-corrected chi connectivity index (χ4v) is 11.5. The molecule has 0 atom stereocenters. The summed E-state index contributed by atoms with van der Waals surface area (Å²) in [6.07, 6.45) is 0. The van der Waals surface area contributed by atoms with Gasteiger partial charge in [0, 0.05) is 23.7 Å². The Hall–Kier alpha value is -3.70. The highest BCUT2D eigenvalue weighted by molar-refractivity contribution is 7.80. The molecule has 0 amide bonds. The van der Waals surface area contributed by atoms with Gasteiger partial charge in [-0.3, -0.25) is 4.74 Å². The predicted octanol–water partition coefficient (Wildman–Crippen LogP) is 10.5. The highest BCUT2D eigenvalue weighted by Crippen LogP contribution is 2.63. The summed E-state index contributed by atoms with van der Waals surface area (Å²) >= 11 is 0. The molecule has 5 rings (SSSR count). The van der Waals surface area contributed by atoms with Crippen molar-refractivity contribution in [2.75, 3.05) is 5.32 Å². The van der Waals surface area contributed by atoms with Crippen LogP contribution in [-0.2, 0) is 0 Å². The zero-order valence-electron chi connectivity index (χ0n) is 25.9. The molecule has 0 aliphatic heterocycles. The van der Waals surface area contributed by atoms with E-state index in [1.54, 1.807) is 0 Å². The summed E-state index contributed by atoms with van der Waals surface area (Å²) in [4.78, 5) is 0. The van der Waals surface area contributed by atoms with Gasteiger partial charge in [0.1, 0.15) is 0 Å². The molecule has 0 saturated heterocycles. The van der Waals surface area contributed by atoms with E-state index in [-0.39, 0.29) is 0 Å². The summed E-state index contributed by atoms with van der Waals surface area (Å²) in [6.45, 7) is 11.5. The summed E-state index contributed by atoms with van der Waals surface area (Å²) in [6, 6.07) is 50.0. The van der Waals surface area contributed by atoms with Crippen LogP contribution in [0.3, 0.4) is 0 Å². The van der Waals surface area contributed by atoms with E-state index in [1.807, 2.05) is 0 Å². The molecule has 0 spiro atoms. The SMILES string of the molecule is Cc1ccccc1N=P(/C=C(\Nc1ccccc1P(c1ccccc1)c1ccccc1)c1ccccc1)(C(C)C)C(C)C. The van der Waals surface area contributed by atoms with Gasteiger partial charge in [-0.1, -0.05) is 155 Å². The first-order valence-corrected chi connectivity index (χ1v) is 18.4. The second-order valence-electron chi connectivity index (χ2n) is 11.4. The topological polar surface area (TPSA) is 24.4 Å². The molecular weight excluding hydrogens is 558 g/mol. The number of hydrogen-bond acceptors (Lipinski definition) is 2. The number of rotatable bonds is 10. The van der Waals surface area contributed by atoms with Crippen molar-refractivity contribution in [1.82, 2.24) is 0 Å². The molecule has 0 radical (unpaired) electrons. The Morgan fingerprint density at radius 3 is 1.67 bits per heavy atom. The first-order chi connectivity index (χ1) is 20.9. The number of nitrogens with one attached hydrogen (secondary N) is 1. The van der Waals surface area contributed by atoms with E-state index < -0.39 is 15.0 Å². The van der Waals surface area contributed by atoms with Gasteiger partial charge >= 0.3 is 0 Å². The molecule has 0 saturated carbocycles. The molecule has 5 aromatic rings. The van der Waals surface area contributed by atoms with E-state index >= 15 is 0 Å². The Morgan fingerprint density at radius 1 is 0.628 bits per heavy atom. The first kappa shape index (κ1) is 30.7. The Kier molecular flexibility index (Phi) is 10.1. The molecule has 4 heteroatoms. The van der Waals surface area contributed by atoms with Crippen LogP contribution in [0.2, 0.25) is 0 Å². The molecule has 5 aromatic carbocycles. The lowest BCUT2D eigenvalue weighted by Crippen LogP contribution is -2.23. The summed E-state index contributed by atoms with van der Waals surface area (Å²) in [5.74, 6) is 2.51. The molecule has 0 heterocycles. The summed E-state index contributed by atoms with van der Waals surface area (Å²) < 4.78 is 5.65. The van der Waals surface area contributed by atoms with E-state index in [2.05, 4.69) is 185 Å². The monoisotopic (exact) mass is 600 g/mol. The molecule has 0 unspecified atom stereocenters. The van der Waals surface area contributed by atoms with Crippen molar-refractivity contribution in [3.05, 3.63) is 156 Å². The minimum atomic E-state index is -2.00. The van der Waals surface area contributed by atoms with Gasteiger partial charge in [-0.2, -0.15) is 0 Å². The van der Waals surface area contributed by atoms with E-state index in [9.17, 15) is 0 Å². The largest absolute Gasteiger partial charge is 0.354 e. The molecule has 0 aliphatic rings. The number of para-hydroxylation sites is 1. The normalized spacial score (nSPS) is 12.1. The van der Waals surface area contributed by atoms with Crippen molar-refractivity contribution in [1.29, 1.82) is 0 Å². The van der Waals surface area contributed by atoms with Crippen LogP contribution in [0.15, 0.2) is 150 Å². The lowest BCUT2D eigenvalue weighted by atomic mass is 10.1. The highest BCUT2D eigenvalue weighted by Gasteiger charge is 2.28. The van der Waals surface area contributed by atoms with Crippen molar-refractivity contribution in [2.45, 2.75) is 45.9 Å². The molecule has 1 N–H and O–H groups in total. The molecule has 43 heavy (non-hydrogen) atoms. The van der Waals surface area contributed by atoms with Gasteiger partial charge < -0.3 is 5.32 Å². The minimum Gasteiger partial charge on any atom is -0.354 e. The van der Waals surface area contributed by atoms with Gasteiger partial charge in [-0.15, -0.1) is 0 Å². The maximum atomic E-state index is 5.65. The van der Waals surface area contributed by atoms with Crippen LogP contribution >= 0.6 is 15.0 Å². The van der Waals surface area contributed by atoms with E-state index in [1.165, 1.54) is 27.0 Å². The van der Waals surface area contributed by atoms with Crippen LogP contribution in [0, 0.1) is 6.92 Å². The number of benzene rings is 5. The Bertz CT molecular complexity index is 1660. The summed E-state index contributed by atoms with van der Waals surface area (Å²) in [5, 5.41) is 7.98. The van der Waals surface area contributed by atoms with Crippen LogP contribution < -0.4 is 21.2 Å². The van der Waals surface area contributed by atoms with Crippen LogP contribution in [-0.4, -0.2) is 11.3 Å². The maximum Gasteiger partial charge on any atom is 0.0646 e. The molecule has 0 aromatic heterocycles. The zero-order valence-corrected chi connectivity index (χ0v) is 27.6. The van der Waals surface area contributed by atoms with Crippen molar-refractivity contribution in [2.24, 2.45) is 4.74 Å². The Balaban J connectivity index is 1.72. The molecule has 0 fully saturated rings. The second-order valence-corrected chi connectivity index (χ2v) is 17.7. The van der Waals surface area contributed by atoms with Crippen molar-refractivity contribution < 1.29 is 0 Å². The van der Waals surface area contributed by atoms with Gasteiger partial charge in [0.2, 0.25) is 0 Å². The van der Waals surface area contributed by atoms with Gasteiger partial charge in [-0.05, 0) is 65.8 Å². The number of anilines is 1. The average molecular weight is 601 g/mol. The van der Waals surface area contributed by atoms with Crippen molar-refractivity contribution in [3.63, 3.8) is 0 Å². The maximum absolute atomic E-state index is 5.65. The van der Waals surface area contributed by atoms with Gasteiger partial charge in [0.05, 0.1) is 5.69 Å². The van der Waals surface area contributed by atoms with Gasteiger partial charge in [0.25, 0.3) is 0 Å². The third kappa shape index (κ3) is 7.10. The smallest absolute Gasteiger partial charge is 0.0646 e. The second kappa shape index (κ2) is 14.2. The van der Waals surface area contributed by atoms with E-state index in [0.717, 1.165) is 17.1 Å². The standard InChI is InChI=1S/C39H42N2P2/c1-30(2)43(31(3)4,41-36-26-16-15-19-32(36)5)29-38(33-20-9-6-10-21-33)40-37-27-17-18-28-39(37)42(34-22-11-7-12-23-34)35-24-13-8-14-25-35/h6-31,40H,1-5H3/b38-29-. The van der Waals surface area contributed by atoms with Crippen LogP contribution in [0.5, 0.6) is 0 Å². The predicted molar refractivity (Wildman–Crippen MR) is 194 cm³/mol. The Morgan fingerprint density at radius 2 is 1.12 bits per heavy atom. The van der Waals surface area contributed by atoms with Crippen molar-refractivity contribution >= 4 is 48.0 Å². The number of aryl methyl sites for hydroxylation is 1. The quantitative estimate of drug-likeness (QED) is 0.159. The zero-order chi connectivity index (χ0) is 30.2. The fourth-order valence-electron chi connectivity index (χ4n) is 5.52. The van der Waals surface area contributed by atoms with Crippen LogP contribution in [0.1, 0.15) is 38.8 Å². The van der Waals surface area contributed by atoms with Crippen LogP contribution in [0.25, 0.3) is 5.70 Å². The number of nitrogens with zero attached hydrogens (tertiary/aromatic N) is 1. The molecule has 218 valence electrons. The third-order valence-electron chi connectivity index (χ3n) is 7.91. The van der Waals surface area contributed by atoms with Crippen LogP contribution in [0.4, 0.5) is 11.4 Å². The third-order valence-corrected chi connectivity index (χ3v) is 15.0. The highest BCUT2D eigenvalue weighted by atomic mass is 31.2. The van der Waals surface area contributed by atoms with E-state index in [0.29, 0.717) is 11.3 Å².